The molecule has 1 heterocycles. The van der Waals surface area contributed by atoms with Gasteiger partial charge in [-0.1, -0.05) is 0 Å². The van der Waals surface area contributed by atoms with Crippen LogP contribution in [0.25, 0.3) is 0 Å². The maximum atomic E-state index is 11.0. The highest BCUT2D eigenvalue weighted by atomic mass is 32.2. The summed E-state index contributed by atoms with van der Waals surface area (Å²) in [5, 5.41) is 3.00. The van der Waals surface area contributed by atoms with E-state index in [2.05, 4.69) is 5.32 Å². The molecule has 66 valence electrons. The fourth-order valence-electron chi connectivity index (χ4n) is 0.966. The Labute approximate surface area is 66.8 Å². The lowest BCUT2D eigenvalue weighted by atomic mass is 10.5. The average Bonchev–Trinajstić information content (AvgIpc) is 2.10. The summed E-state index contributed by atoms with van der Waals surface area (Å²) >= 11 is 0. The summed E-state index contributed by atoms with van der Waals surface area (Å²) in [7, 11) is -3.03. The summed E-state index contributed by atoms with van der Waals surface area (Å²) < 4.78 is 27.1. The Bertz CT molecular complexity index is 204. The van der Waals surface area contributed by atoms with Gasteiger partial charge in [0, 0.05) is 19.4 Å². The monoisotopic (exact) mass is 179 g/mol. The molecule has 0 aromatic rings. The van der Waals surface area contributed by atoms with Crippen molar-refractivity contribution in [1.29, 1.82) is 0 Å². The van der Waals surface area contributed by atoms with Crippen LogP contribution in [0.3, 0.4) is 0 Å². The van der Waals surface area contributed by atoms with Crippen LogP contribution in [0.2, 0.25) is 0 Å². The van der Waals surface area contributed by atoms with E-state index in [1.165, 1.54) is 6.26 Å². The summed E-state index contributed by atoms with van der Waals surface area (Å²) in [5.74, 6) is 0. The van der Waals surface area contributed by atoms with Crippen molar-refractivity contribution in [2.24, 2.45) is 0 Å². The van der Waals surface area contributed by atoms with Crippen molar-refractivity contribution in [1.82, 2.24) is 5.32 Å². The zero-order valence-corrected chi connectivity index (χ0v) is 7.36. The molecule has 1 rings (SSSR count). The Balaban J connectivity index is 2.57. The van der Waals surface area contributed by atoms with E-state index in [4.69, 9.17) is 4.74 Å². The summed E-state index contributed by atoms with van der Waals surface area (Å²) in [4.78, 5) is 0. The number of rotatable bonds is 1. The van der Waals surface area contributed by atoms with Crippen molar-refractivity contribution in [3.63, 3.8) is 0 Å². The fraction of sp³-hybridized carbons (Fsp3) is 1.00. The third-order valence-electron chi connectivity index (χ3n) is 1.59. The quantitative estimate of drug-likeness (QED) is 0.582. The molecule has 0 radical (unpaired) electrons. The average molecular weight is 179 g/mol. The molecule has 4 nitrogen and oxygen atoms in total. The molecule has 5 heteroatoms. The summed E-state index contributed by atoms with van der Waals surface area (Å²) in [6.45, 7) is 1.79. The number of ether oxygens (including phenoxy) is 1. The molecule has 0 bridgehead atoms. The molecule has 1 aliphatic rings. The van der Waals surface area contributed by atoms with E-state index in [9.17, 15) is 8.42 Å². The van der Waals surface area contributed by atoms with Gasteiger partial charge in [0.2, 0.25) is 0 Å². The zero-order valence-electron chi connectivity index (χ0n) is 6.54. The number of hydrogen-bond donors (Lipinski definition) is 1. The van der Waals surface area contributed by atoms with E-state index in [0.29, 0.717) is 13.2 Å². The lowest BCUT2D eigenvalue weighted by Gasteiger charge is -2.11. The van der Waals surface area contributed by atoms with Gasteiger partial charge in [0.05, 0.1) is 0 Å². The first-order valence-corrected chi connectivity index (χ1v) is 5.57. The standard InChI is InChI=1S/C6H13NO3S/c1-11(8,9)6-5-7-3-2-4-10-6/h6-7H,2-5H2,1H3. The third-order valence-corrected chi connectivity index (χ3v) is 2.85. The molecule has 1 atom stereocenters. The summed E-state index contributed by atoms with van der Waals surface area (Å²) in [6.07, 6.45) is 2.08. The number of hydrogen-bond acceptors (Lipinski definition) is 4. The van der Waals surface area contributed by atoms with Crippen LogP contribution >= 0.6 is 0 Å². The Kier molecular flexibility index (Phi) is 2.86. The largest absolute Gasteiger partial charge is 0.361 e. The maximum absolute atomic E-state index is 11.0. The van der Waals surface area contributed by atoms with Gasteiger partial charge >= 0.3 is 0 Å². The predicted molar refractivity (Wildman–Crippen MR) is 42.1 cm³/mol. The van der Waals surface area contributed by atoms with Gasteiger partial charge in [-0.3, -0.25) is 0 Å². The van der Waals surface area contributed by atoms with Crippen molar-refractivity contribution in [3.05, 3.63) is 0 Å². The number of nitrogens with one attached hydrogen (secondary N) is 1. The summed E-state index contributed by atoms with van der Waals surface area (Å²) in [5.41, 5.74) is -0.648. The Morgan fingerprint density at radius 2 is 2.27 bits per heavy atom. The van der Waals surface area contributed by atoms with Gasteiger partial charge in [0.25, 0.3) is 0 Å². The number of sulfone groups is 1. The lowest BCUT2D eigenvalue weighted by Crippen LogP contribution is -2.32. The van der Waals surface area contributed by atoms with Crippen LogP contribution in [0.15, 0.2) is 0 Å². The molecule has 0 aromatic carbocycles. The van der Waals surface area contributed by atoms with E-state index in [1.807, 2.05) is 0 Å². The van der Waals surface area contributed by atoms with E-state index in [0.717, 1.165) is 13.0 Å². The van der Waals surface area contributed by atoms with Gasteiger partial charge in [-0.15, -0.1) is 0 Å². The normalized spacial score (nSPS) is 27.9. The van der Waals surface area contributed by atoms with Crippen LogP contribution in [-0.2, 0) is 14.6 Å². The van der Waals surface area contributed by atoms with Crippen LogP contribution in [0, 0.1) is 0 Å². The SMILES string of the molecule is CS(=O)(=O)C1CNCCCO1. The second kappa shape index (κ2) is 3.51. The molecular formula is C6H13NO3S. The van der Waals surface area contributed by atoms with Gasteiger partial charge in [0.15, 0.2) is 15.3 Å². The van der Waals surface area contributed by atoms with Crippen molar-refractivity contribution in [2.45, 2.75) is 11.9 Å². The van der Waals surface area contributed by atoms with Crippen LogP contribution in [0.4, 0.5) is 0 Å². The molecular weight excluding hydrogens is 166 g/mol. The van der Waals surface area contributed by atoms with Crippen LogP contribution < -0.4 is 5.32 Å². The highest BCUT2D eigenvalue weighted by Gasteiger charge is 2.21. The molecule has 11 heavy (non-hydrogen) atoms. The van der Waals surface area contributed by atoms with Crippen molar-refractivity contribution in [3.8, 4) is 0 Å². The Morgan fingerprint density at radius 3 is 2.91 bits per heavy atom. The molecule has 1 saturated heterocycles. The fourth-order valence-corrected chi connectivity index (χ4v) is 1.73. The second-order valence-electron chi connectivity index (χ2n) is 2.69. The molecule has 0 amide bonds. The molecule has 1 unspecified atom stereocenters. The molecule has 0 saturated carbocycles. The topological polar surface area (TPSA) is 55.4 Å². The van der Waals surface area contributed by atoms with Crippen LogP contribution in [-0.4, -0.2) is 39.8 Å². The smallest absolute Gasteiger partial charge is 0.175 e. The van der Waals surface area contributed by atoms with Gasteiger partial charge in [0.1, 0.15) is 0 Å². The third kappa shape index (κ3) is 2.76. The van der Waals surface area contributed by atoms with Gasteiger partial charge in [-0.05, 0) is 13.0 Å². The molecule has 0 aromatic heterocycles. The minimum absolute atomic E-state index is 0.416. The first kappa shape index (κ1) is 8.96. The van der Waals surface area contributed by atoms with E-state index in [1.54, 1.807) is 0 Å². The van der Waals surface area contributed by atoms with Crippen LogP contribution in [0.5, 0.6) is 0 Å². The Hall–Kier alpha value is -0.130. The molecule has 0 aliphatic carbocycles. The van der Waals surface area contributed by atoms with Gasteiger partial charge in [-0.25, -0.2) is 8.42 Å². The zero-order chi connectivity index (χ0) is 8.32. The predicted octanol–water partition coefficient (Wildman–Crippen LogP) is -0.633. The first-order valence-electron chi connectivity index (χ1n) is 3.62. The highest BCUT2D eigenvalue weighted by molar-refractivity contribution is 7.91. The van der Waals surface area contributed by atoms with Crippen molar-refractivity contribution in [2.75, 3.05) is 26.0 Å². The van der Waals surface area contributed by atoms with Crippen molar-refractivity contribution >= 4 is 9.84 Å². The molecule has 1 aliphatic heterocycles. The highest BCUT2D eigenvalue weighted by Crippen LogP contribution is 2.03. The van der Waals surface area contributed by atoms with E-state index < -0.39 is 15.3 Å². The minimum atomic E-state index is -3.03. The van der Waals surface area contributed by atoms with E-state index in [-0.39, 0.29) is 0 Å². The van der Waals surface area contributed by atoms with Crippen molar-refractivity contribution < 1.29 is 13.2 Å². The molecule has 1 fully saturated rings. The Morgan fingerprint density at radius 1 is 1.55 bits per heavy atom. The lowest BCUT2D eigenvalue weighted by molar-refractivity contribution is 0.120. The van der Waals surface area contributed by atoms with Gasteiger partial charge < -0.3 is 10.1 Å². The van der Waals surface area contributed by atoms with Gasteiger partial charge in [-0.2, -0.15) is 0 Å². The summed E-state index contributed by atoms with van der Waals surface area (Å²) in [6, 6.07) is 0. The first-order chi connectivity index (χ1) is 5.11. The van der Waals surface area contributed by atoms with E-state index >= 15 is 0 Å². The maximum Gasteiger partial charge on any atom is 0.175 e. The second-order valence-corrected chi connectivity index (χ2v) is 4.87. The minimum Gasteiger partial charge on any atom is -0.361 e. The molecule has 0 spiro atoms. The van der Waals surface area contributed by atoms with Crippen LogP contribution in [0.1, 0.15) is 6.42 Å². The molecule has 1 N–H and O–H groups in total.